The van der Waals surface area contributed by atoms with Crippen LogP contribution in [0.1, 0.15) is 41.3 Å². The molecule has 1 nitrogen and oxygen atoms in total. The van der Waals surface area contributed by atoms with E-state index in [4.69, 9.17) is 11.6 Å². The second-order valence-corrected chi connectivity index (χ2v) is 6.39. The van der Waals surface area contributed by atoms with Crippen LogP contribution in [0.3, 0.4) is 0 Å². The van der Waals surface area contributed by atoms with Gasteiger partial charge in [-0.1, -0.05) is 49.7 Å². The fourth-order valence-electron chi connectivity index (χ4n) is 1.98. The summed E-state index contributed by atoms with van der Waals surface area (Å²) in [6.45, 7) is 4.32. The van der Waals surface area contributed by atoms with Crippen LogP contribution in [0.5, 0.6) is 0 Å². The monoisotopic (exact) mass is 350 g/mol. The minimum Gasteiger partial charge on any atom is -0.294 e. The van der Waals surface area contributed by atoms with Gasteiger partial charge in [-0.05, 0) is 51.2 Å². The van der Waals surface area contributed by atoms with Gasteiger partial charge in [-0.25, -0.2) is 0 Å². The van der Waals surface area contributed by atoms with Crippen molar-refractivity contribution in [1.29, 1.82) is 0 Å². The van der Waals surface area contributed by atoms with Gasteiger partial charge in [-0.3, -0.25) is 4.79 Å². The number of carbonyl (C=O) groups is 1. The quantitative estimate of drug-likeness (QED) is 0.650. The Labute approximate surface area is 133 Å². The molecular formula is C17H16BrClO. The Kier molecular flexibility index (Phi) is 5.00. The molecule has 0 saturated heterocycles. The summed E-state index contributed by atoms with van der Waals surface area (Å²) >= 11 is 9.28. The molecule has 20 heavy (non-hydrogen) atoms. The van der Waals surface area contributed by atoms with Gasteiger partial charge in [-0.2, -0.15) is 0 Å². The Balaban J connectivity index is 2.12. The average molecular weight is 352 g/mol. The molecule has 0 radical (unpaired) electrons. The largest absolute Gasteiger partial charge is 0.294 e. The molecule has 2 rings (SSSR count). The fourth-order valence-corrected chi connectivity index (χ4v) is 2.47. The molecule has 0 amide bonds. The Morgan fingerprint density at radius 2 is 1.80 bits per heavy atom. The highest BCUT2D eigenvalue weighted by molar-refractivity contribution is 9.10. The van der Waals surface area contributed by atoms with E-state index in [1.54, 1.807) is 18.2 Å². The zero-order valence-electron chi connectivity index (χ0n) is 11.5. The molecule has 3 heteroatoms. The molecule has 0 aromatic heterocycles. The molecule has 0 unspecified atom stereocenters. The predicted molar refractivity (Wildman–Crippen MR) is 87.7 cm³/mol. The zero-order chi connectivity index (χ0) is 14.7. The Morgan fingerprint density at radius 1 is 1.15 bits per heavy atom. The number of Topliss-reactive ketones (excluding diaryl/α,β-unsaturated/α-hetero) is 1. The summed E-state index contributed by atoms with van der Waals surface area (Å²) in [5, 5.41) is 0.614. The van der Waals surface area contributed by atoms with Gasteiger partial charge in [0, 0.05) is 16.5 Å². The predicted octanol–water partition coefficient (Wildman–Crippen LogP) is 5.65. The van der Waals surface area contributed by atoms with Gasteiger partial charge >= 0.3 is 0 Å². The first-order valence-electron chi connectivity index (χ1n) is 6.54. The van der Waals surface area contributed by atoms with Gasteiger partial charge in [0.2, 0.25) is 0 Å². The lowest BCUT2D eigenvalue weighted by molar-refractivity contribution is 0.0993. The first kappa shape index (κ1) is 15.3. The highest BCUT2D eigenvalue weighted by atomic mass is 79.9. The highest BCUT2D eigenvalue weighted by Gasteiger charge is 2.09. The number of rotatable bonds is 4. The smallest absolute Gasteiger partial charge is 0.167 e. The molecule has 0 aliphatic rings. The van der Waals surface area contributed by atoms with E-state index in [0.29, 0.717) is 22.9 Å². The van der Waals surface area contributed by atoms with Crippen molar-refractivity contribution < 1.29 is 4.79 Å². The molecule has 0 fully saturated rings. The van der Waals surface area contributed by atoms with Crippen LogP contribution >= 0.6 is 27.5 Å². The molecule has 0 aliphatic carbocycles. The SMILES string of the molecule is CC(C)c1ccc(CC(=O)c2ccc(Cl)c(Br)c2)cc1. The molecule has 0 bridgehead atoms. The summed E-state index contributed by atoms with van der Waals surface area (Å²) in [6, 6.07) is 13.5. The maximum atomic E-state index is 12.2. The van der Waals surface area contributed by atoms with Crippen LogP contribution in [0, 0.1) is 0 Å². The van der Waals surface area contributed by atoms with Crippen molar-refractivity contribution in [2.75, 3.05) is 0 Å². The summed E-state index contributed by atoms with van der Waals surface area (Å²) in [4.78, 5) is 12.2. The Morgan fingerprint density at radius 3 is 2.35 bits per heavy atom. The van der Waals surface area contributed by atoms with Crippen molar-refractivity contribution in [2.45, 2.75) is 26.2 Å². The second kappa shape index (κ2) is 6.55. The minimum atomic E-state index is 0.0969. The van der Waals surface area contributed by atoms with E-state index in [2.05, 4.69) is 41.9 Å². The van der Waals surface area contributed by atoms with Gasteiger partial charge in [0.15, 0.2) is 5.78 Å². The molecule has 2 aromatic carbocycles. The Bertz CT molecular complexity index is 617. The minimum absolute atomic E-state index is 0.0969. The molecule has 0 heterocycles. The van der Waals surface area contributed by atoms with E-state index in [1.807, 2.05) is 12.1 Å². The number of benzene rings is 2. The summed E-state index contributed by atoms with van der Waals surface area (Å²) in [5.41, 5.74) is 3.00. The number of hydrogen-bond donors (Lipinski definition) is 0. The van der Waals surface area contributed by atoms with Crippen LogP contribution in [0.4, 0.5) is 0 Å². The van der Waals surface area contributed by atoms with Crippen LogP contribution in [-0.4, -0.2) is 5.78 Å². The van der Waals surface area contributed by atoms with Gasteiger partial charge in [-0.15, -0.1) is 0 Å². The molecule has 2 aromatic rings. The highest BCUT2D eigenvalue weighted by Crippen LogP contribution is 2.24. The molecule has 0 N–H and O–H groups in total. The lowest BCUT2D eigenvalue weighted by Gasteiger charge is -2.07. The summed E-state index contributed by atoms with van der Waals surface area (Å²) in [7, 11) is 0. The second-order valence-electron chi connectivity index (χ2n) is 5.13. The summed E-state index contributed by atoms with van der Waals surface area (Å²) in [5.74, 6) is 0.603. The van der Waals surface area contributed by atoms with Crippen molar-refractivity contribution in [2.24, 2.45) is 0 Å². The van der Waals surface area contributed by atoms with Crippen molar-refractivity contribution in [1.82, 2.24) is 0 Å². The normalized spacial score (nSPS) is 10.8. The fraction of sp³-hybridized carbons (Fsp3) is 0.235. The lowest BCUT2D eigenvalue weighted by atomic mass is 9.98. The zero-order valence-corrected chi connectivity index (χ0v) is 13.8. The molecule has 0 aliphatic heterocycles. The molecule has 104 valence electrons. The van der Waals surface area contributed by atoms with E-state index >= 15 is 0 Å². The first-order chi connectivity index (χ1) is 9.47. The van der Waals surface area contributed by atoms with Crippen molar-refractivity contribution >= 4 is 33.3 Å². The van der Waals surface area contributed by atoms with Crippen LogP contribution in [0.25, 0.3) is 0 Å². The maximum Gasteiger partial charge on any atom is 0.167 e. The Hall–Kier alpha value is -1.12. The molecule has 0 saturated carbocycles. The standard InChI is InChI=1S/C17H16BrClO/c1-11(2)13-5-3-12(4-6-13)9-17(20)14-7-8-16(19)15(18)10-14/h3-8,10-11H,9H2,1-2H3. The van der Waals surface area contributed by atoms with E-state index in [0.717, 1.165) is 10.0 Å². The lowest BCUT2D eigenvalue weighted by Crippen LogP contribution is -2.03. The van der Waals surface area contributed by atoms with Crippen molar-refractivity contribution in [3.05, 3.63) is 68.7 Å². The summed E-state index contributed by atoms with van der Waals surface area (Å²) in [6.07, 6.45) is 0.409. The third-order valence-electron chi connectivity index (χ3n) is 3.25. The van der Waals surface area contributed by atoms with E-state index < -0.39 is 0 Å². The maximum absolute atomic E-state index is 12.2. The van der Waals surface area contributed by atoms with Gasteiger partial charge in [0.25, 0.3) is 0 Å². The number of ketones is 1. The number of hydrogen-bond acceptors (Lipinski definition) is 1. The van der Waals surface area contributed by atoms with Crippen LogP contribution < -0.4 is 0 Å². The van der Waals surface area contributed by atoms with Crippen LogP contribution in [0.2, 0.25) is 5.02 Å². The topological polar surface area (TPSA) is 17.1 Å². The van der Waals surface area contributed by atoms with Crippen molar-refractivity contribution in [3.8, 4) is 0 Å². The third kappa shape index (κ3) is 3.71. The number of halogens is 2. The van der Waals surface area contributed by atoms with E-state index in [9.17, 15) is 4.79 Å². The van der Waals surface area contributed by atoms with E-state index in [1.165, 1.54) is 5.56 Å². The van der Waals surface area contributed by atoms with Crippen LogP contribution in [-0.2, 0) is 6.42 Å². The van der Waals surface area contributed by atoms with E-state index in [-0.39, 0.29) is 5.78 Å². The van der Waals surface area contributed by atoms with Crippen LogP contribution in [0.15, 0.2) is 46.9 Å². The third-order valence-corrected chi connectivity index (χ3v) is 4.47. The van der Waals surface area contributed by atoms with Gasteiger partial charge in [0.1, 0.15) is 0 Å². The first-order valence-corrected chi connectivity index (χ1v) is 7.71. The summed E-state index contributed by atoms with van der Waals surface area (Å²) < 4.78 is 0.750. The molecular weight excluding hydrogens is 336 g/mol. The van der Waals surface area contributed by atoms with Gasteiger partial charge < -0.3 is 0 Å². The molecule has 0 atom stereocenters. The van der Waals surface area contributed by atoms with Crippen molar-refractivity contribution in [3.63, 3.8) is 0 Å². The van der Waals surface area contributed by atoms with Gasteiger partial charge in [0.05, 0.1) is 5.02 Å². The average Bonchev–Trinajstić information content (AvgIpc) is 2.42. The molecule has 0 spiro atoms. The number of carbonyl (C=O) groups excluding carboxylic acids is 1.